The van der Waals surface area contributed by atoms with Crippen molar-refractivity contribution in [1.29, 1.82) is 0 Å². The van der Waals surface area contributed by atoms with Gasteiger partial charge in [0.1, 0.15) is 0 Å². The number of nitrogens with zero attached hydrogens (tertiary/aromatic N) is 2. The first kappa shape index (κ1) is 12.2. The van der Waals surface area contributed by atoms with Gasteiger partial charge in [-0.15, -0.1) is 11.3 Å². The first-order chi connectivity index (χ1) is 7.59. The molecule has 1 fully saturated rings. The van der Waals surface area contributed by atoms with E-state index in [4.69, 9.17) is 5.73 Å². The van der Waals surface area contributed by atoms with Crippen molar-refractivity contribution in [2.75, 3.05) is 17.2 Å². The Bertz CT molecular complexity index is 351. The summed E-state index contributed by atoms with van der Waals surface area (Å²) in [6.07, 6.45) is 0. The number of aromatic nitrogens is 1. The summed E-state index contributed by atoms with van der Waals surface area (Å²) in [4.78, 5) is 7.04. The summed E-state index contributed by atoms with van der Waals surface area (Å²) in [5.74, 6) is 1.19. The molecule has 2 N–H and O–H groups in total. The maximum atomic E-state index is 5.84. The van der Waals surface area contributed by atoms with Gasteiger partial charge in [0.2, 0.25) is 0 Å². The molecule has 1 saturated heterocycles. The normalized spacial score (nSPS) is 28.1. The molecule has 5 heteroatoms. The van der Waals surface area contributed by atoms with E-state index in [0.717, 1.165) is 17.4 Å². The van der Waals surface area contributed by atoms with Crippen molar-refractivity contribution in [2.24, 2.45) is 5.73 Å². The second kappa shape index (κ2) is 4.94. The number of thioether (sulfide) groups is 1. The molecule has 16 heavy (non-hydrogen) atoms. The molecule has 0 spiro atoms. The van der Waals surface area contributed by atoms with Crippen molar-refractivity contribution in [2.45, 2.75) is 38.1 Å². The quantitative estimate of drug-likeness (QED) is 0.884. The number of nitrogens with two attached hydrogens (primary N) is 1. The lowest BCUT2D eigenvalue weighted by atomic mass is 10.2. The Balaban J connectivity index is 2.16. The fourth-order valence-electron chi connectivity index (χ4n) is 1.82. The smallest absolute Gasteiger partial charge is 0.185 e. The average molecular weight is 257 g/mol. The van der Waals surface area contributed by atoms with Gasteiger partial charge in [-0.1, -0.05) is 6.92 Å². The molecular formula is C11H19N3S2. The topological polar surface area (TPSA) is 42.1 Å². The SMILES string of the molecule is CC(N)c1csc(N2CCSC(C)C2C)n1. The summed E-state index contributed by atoms with van der Waals surface area (Å²) in [6.45, 7) is 7.66. The van der Waals surface area contributed by atoms with E-state index in [2.05, 4.69) is 29.1 Å². The first-order valence-electron chi connectivity index (χ1n) is 5.69. The monoisotopic (exact) mass is 257 g/mol. The van der Waals surface area contributed by atoms with Crippen LogP contribution < -0.4 is 10.6 Å². The molecule has 0 aliphatic carbocycles. The van der Waals surface area contributed by atoms with Gasteiger partial charge in [0.15, 0.2) is 5.13 Å². The van der Waals surface area contributed by atoms with Crippen molar-refractivity contribution < 1.29 is 0 Å². The molecule has 1 aromatic heterocycles. The Labute approximate surface area is 105 Å². The highest BCUT2D eigenvalue weighted by molar-refractivity contribution is 8.00. The summed E-state index contributed by atoms with van der Waals surface area (Å²) in [5.41, 5.74) is 6.85. The fourth-order valence-corrected chi connectivity index (χ4v) is 3.96. The molecule has 3 unspecified atom stereocenters. The zero-order valence-corrected chi connectivity index (χ0v) is 11.6. The zero-order valence-electron chi connectivity index (χ0n) is 10.0. The Hall–Kier alpha value is -0.260. The van der Waals surface area contributed by atoms with Crippen LogP contribution in [0, 0.1) is 0 Å². The molecule has 3 nitrogen and oxygen atoms in total. The maximum absolute atomic E-state index is 5.84. The van der Waals surface area contributed by atoms with Crippen LogP contribution in [0.25, 0.3) is 0 Å². The second-order valence-corrected chi connectivity index (χ2v) is 6.68. The highest BCUT2D eigenvalue weighted by Gasteiger charge is 2.27. The van der Waals surface area contributed by atoms with Crippen molar-refractivity contribution in [3.05, 3.63) is 11.1 Å². The lowest BCUT2D eigenvalue weighted by Crippen LogP contribution is -2.44. The minimum absolute atomic E-state index is 0.0388. The van der Waals surface area contributed by atoms with E-state index in [1.165, 1.54) is 5.75 Å². The molecule has 1 aliphatic rings. The van der Waals surface area contributed by atoms with E-state index in [1.807, 2.05) is 18.7 Å². The predicted octanol–water partition coefficient (Wildman–Crippen LogP) is 2.49. The standard InChI is InChI=1S/C11H19N3S2/c1-7(12)10-6-16-11(13-10)14-4-5-15-9(3)8(14)2/h6-9H,4-5,12H2,1-3H3. The third kappa shape index (κ3) is 2.36. The second-order valence-electron chi connectivity index (χ2n) is 4.35. The number of hydrogen-bond donors (Lipinski definition) is 1. The minimum atomic E-state index is 0.0388. The molecule has 0 saturated carbocycles. The Kier molecular flexibility index (Phi) is 3.77. The third-order valence-electron chi connectivity index (χ3n) is 3.11. The van der Waals surface area contributed by atoms with E-state index in [-0.39, 0.29) is 6.04 Å². The van der Waals surface area contributed by atoms with Crippen LogP contribution in [0.15, 0.2) is 5.38 Å². The highest BCUT2D eigenvalue weighted by atomic mass is 32.2. The third-order valence-corrected chi connectivity index (χ3v) is 5.34. The molecule has 0 aromatic carbocycles. The Morgan fingerprint density at radius 1 is 1.56 bits per heavy atom. The summed E-state index contributed by atoms with van der Waals surface area (Å²) >= 11 is 3.76. The number of anilines is 1. The van der Waals surface area contributed by atoms with Crippen LogP contribution in [0.2, 0.25) is 0 Å². The molecule has 0 amide bonds. The largest absolute Gasteiger partial charge is 0.343 e. The number of hydrogen-bond acceptors (Lipinski definition) is 5. The molecule has 2 heterocycles. The molecular weight excluding hydrogens is 238 g/mol. The Morgan fingerprint density at radius 3 is 2.94 bits per heavy atom. The molecule has 0 radical (unpaired) electrons. The van der Waals surface area contributed by atoms with E-state index in [1.54, 1.807) is 11.3 Å². The van der Waals surface area contributed by atoms with Gasteiger partial charge in [0.05, 0.1) is 5.69 Å². The first-order valence-corrected chi connectivity index (χ1v) is 7.61. The summed E-state index contributed by atoms with van der Waals surface area (Å²) in [5, 5.41) is 3.89. The van der Waals surface area contributed by atoms with Gasteiger partial charge in [-0.3, -0.25) is 0 Å². The molecule has 1 aromatic rings. The van der Waals surface area contributed by atoms with E-state index in [9.17, 15) is 0 Å². The van der Waals surface area contributed by atoms with Gasteiger partial charge in [-0.25, -0.2) is 4.98 Å². The van der Waals surface area contributed by atoms with Crippen LogP contribution in [-0.4, -0.2) is 28.6 Å². The van der Waals surface area contributed by atoms with Gasteiger partial charge >= 0.3 is 0 Å². The van der Waals surface area contributed by atoms with Gasteiger partial charge in [0, 0.05) is 35.0 Å². The van der Waals surface area contributed by atoms with E-state index >= 15 is 0 Å². The van der Waals surface area contributed by atoms with Gasteiger partial charge in [0.25, 0.3) is 0 Å². The summed E-state index contributed by atoms with van der Waals surface area (Å²) < 4.78 is 0. The molecule has 90 valence electrons. The summed E-state index contributed by atoms with van der Waals surface area (Å²) in [7, 11) is 0. The molecule has 2 rings (SSSR count). The van der Waals surface area contributed by atoms with Crippen LogP contribution in [0.1, 0.15) is 32.5 Å². The van der Waals surface area contributed by atoms with E-state index < -0.39 is 0 Å². The van der Waals surface area contributed by atoms with Crippen molar-refractivity contribution in [1.82, 2.24) is 4.98 Å². The molecule has 1 aliphatic heterocycles. The van der Waals surface area contributed by atoms with Gasteiger partial charge in [-0.05, 0) is 13.8 Å². The minimum Gasteiger partial charge on any atom is -0.343 e. The van der Waals surface area contributed by atoms with Crippen molar-refractivity contribution >= 4 is 28.2 Å². The van der Waals surface area contributed by atoms with Crippen molar-refractivity contribution in [3.63, 3.8) is 0 Å². The lowest BCUT2D eigenvalue weighted by molar-refractivity contribution is 0.623. The molecule has 0 bridgehead atoms. The predicted molar refractivity (Wildman–Crippen MR) is 73.4 cm³/mol. The Morgan fingerprint density at radius 2 is 2.31 bits per heavy atom. The van der Waals surface area contributed by atoms with Crippen LogP contribution in [0.5, 0.6) is 0 Å². The average Bonchev–Trinajstić information content (AvgIpc) is 2.71. The van der Waals surface area contributed by atoms with E-state index in [0.29, 0.717) is 11.3 Å². The maximum Gasteiger partial charge on any atom is 0.185 e. The fraction of sp³-hybridized carbons (Fsp3) is 0.727. The highest BCUT2D eigenvalue weighted by Crippen LogP contribution is 2.31. The zero-order chi connectivity index (χ0) is 11.7. The number of thiazole rings is 1. The van der Waals surface area contributed by atoms with Crippen LogP contribution >= 0.6 is 23.1 Å². The van der Waals surface area contributed by atoms with Crippen LogP contribution in [0.3, 0.4) is 0 Å². The molecule has 3 atom stereocenters. The summed E-state index contributed by atoms with van der Waals surface area (Å²) in [6, 6.07) is 0.600. The van der Waals surface area contributed by atoms with Crippen LogP contribution in [0.4, 0.5) is 5.13 Å². The lowest BCUT2D eigenvalue weighted by Gasteiger charge is -2.37. The van der Waals surface area contributed by atoms with Crippen molar-refractivity contribution in [3.8, 4) is 0 Å². The number of rotatable bonds is 2. The van der Waals surface area contributed by atoms with Gasteiger partial charge < -0.3 is 10.6 Å². The van der Waals surface area contributed by atoms with Gasteiger partial charge in [-0.2, -0.15) is 11.8 Å². The van der Waals surface area contributed by atoms with Crippen LogP contribution in [-0.2, 0) is 0 Å².